The number of hydrogen-bond acceptors (Lipinski definition) is 7. The lowest BCUT2D eigenvalue weighted by atomic mass is 9.97. The van der Waals surface area contributed by atoms with Crippen molar-refractivity contribution in [1.82, 2.24) is 14.5 Å². The van der Waals surface area contributed by atoms with Gasteiger partial charge in [-0.2, -0.15) is 4.98 Å². The molecule has 0 amide bonds. The molecule has 1 saturated heterocycles. The van der Waals surface area contributed by atoms with Crippen molar-refractivity contribution in [3.63, 3.8) is 0 Å². The van der Waals surface area contributed by atoms with Gasteiger partial charge in [-0.3, -0.25) is 9.47 Å². The molecule has 6 rings (SSSR count). The van der Waals surface area contributed by atoms with Crippen molar-refractivity contribution in [3.05, 3.63) is 64.6 Å². The Bertz CT molecular complexity index is 1270. The summed E-state index contributed by atoms with van der Waals surface area (Å²) in [6.45, 7) is 5.19. The standard InChI is InChI=1S/C27H29N3O5/c31-27-28-26(34-18-21-17-33-24-5-1-2-6-25(24)35-21)16-23-22-8-7-20(15-19(22)9-12-30(23)27)32-14-13-29-10-3-4-11-29/h1-2,5-8,15-16,21H,3-4,9-14,17-18H2. The Balaban J connectivity index is 1.14. The summed E-state index contributed by atoms with van der Waals surface area (Å²) in [7, 11) is 0. The summed E-state index contributed by atoms with van der Waals surface area (Å²) < 4.78 is 25.3. The van der Waals surface area contributed by atoms with Crippen LogP contribution in [0, 0.1) is 0 Å². The van der Waals surface area contributed by atoms with Crippen molar-refractivity contribution >= 4 is 0 Å². The number of aryl methyl sites for hydroxylation is 1. The maximum absolute atomic E-state index is 12.7. The van der Waals surface area contributed by atoms with Crippen LogP contribution >= 0.6 is 0 Å². The first-order valence-electron chi connectivity index (χ1n) is 12.3. The molecule has 0 aliphatic carbocycles. The number of rotatable bonds is 7. The summed E-state index contributed by atoms with van der Waals surface area (Å²) in [5, 5.41) is 0. The highest BCUT2D eigenvalue weighted by Crippen LogP contribution is 2.33. The van der Waals surface area contributed by atoms with Crippen LogP contribution in [0.15, 0.2) is 53.3 Å². The fraction of sp³-hybridized carbons (Fsp3) is 0.407. The molecular formula is C27H29N3O5. The molecule has 1 atom stereocenters. The number of hydrogen-bond donors (Lipinski definition) is 0. The molecule has 0 bridgehead atoms. The predicted molar refractivity (Wildman–Crippen MR) is 131 cm³/mol. The van der Waals surface area contributed by atoms with Gasteiger partial charge in [0.25, 0.3) is 0 Å². The second kappa shape index (κ2) is 9.62. The third-order valence-corrected chi connectivity index (χ3v) is 6.80. The van der Waals surface area contributed by atoms with Crippen molar-refractivity contribution in [2.45, 2.75) is 31.9 Å². The highest BCUT2D eigenvalue weighted by atomic mass is 16.6. The Morgan fingerprint density at radius 1 is 1.00 bits per heavy atom. The van der Waals surface area contributed by atoms with Gasteiger partial charge in [0.15, 0.2) is 17.6 Å². The van der Waals surface area contributed by atoms with E-state index in [0.717, 1.165) is 35.7 Å². The van der Waals surface area contributed by atoms with E-state index in [-0.39, 0.29) is 18.4 Å². The van der Waals surface area contributed by atoms with Crippen molar-refractivity contribution in [3.8, 4) is 34.4 Å². The van der Waals surface area contributed by atoms with E-state index < -0.39 is 0 Å². The highest BCUT2D eigenvalue weighted by Gasteiger charge is 2.23. The molecule has 3 aromatic rings. The van der Waals surface area contributed by atoms with Crippen LogP contribution in [0.5, 0.6) is 23.1 Å². The summed E-state index contributed by atoms with van der Waals surface area (Å²) in [6.07, 6.45) is 3.06. The van der Waals surface area contributed by atoms with E-state index in [9.17, 15) is 4.79 Å². The number of ether oxygens (including phenoxy) is 4. The first kappa shape index (κ1) is 22.0. The lowest BCUT2D eigenvalue weighted by Gasteiger charge is -2.26. The predicted octanol–water partition coefficient (Wildman–Crippen LogP) is 3.16. The Hall–Kier alpha value is -3.52. The van der Waals surface area contributed by atoms with Crippen molar-refractivity contribution in [2.24, 2.45) is 0 Å². The average molecular weight is 476 g/mol. The molecule has 0 spiro atoms. The Labute approximate surface area is 204 Å². The van der Waals surface area contributed by atoms with Crippen LogP contribution < -0.4 is 24.6 Å². The van der Waals surface area contributed by atoms with Gasteiger partial charge < -0.3 is 18.9 Å². The molecule has 3 aliphatic heterocycles. The van der Waals surface area contributed by atoms with Gasteiger partial charge in [0.05, 0.1) is 5.69 Å². The number of benzene rings is 2. The van der Waals surface area contributed by atoms with E-state index in [1.54, 1.807) is 4.57 Å². The van der Waals surface area contributed by atoms with Crippen molar-refractivity contribution in [2.75, 3.05) is 39.5 Å². The maximum Gasteiger partial charge on any atom is 0.351 e. The normalized spacial score (nSPS) is 18.6. The first-order valence-corrected chi connectivity index (χ1v) is 12.3. The quantitative estimate of drug-likeness (QED) is 0.520. The zero-order valence-corrected chi connectivity index (χ0v) is 19.7. The second-order valence-corrected chi connectivity index (χ2v) is 9.19. The molecule has 35 heavy (non-hydrogen) atoms. The van der Waals surface area contributed by atoms with Crippen molar-refractivity contribution in [1.29, 1.82) is 0 Å². The molecule has 8 nitrogen and oxygen atoms in total. The average Bonchev–Trinajstić information content (AvgIpc) is 3.41. The van der Waals surface area contributed by atoms with Gasteiger partial charge in [-0.1, -0.05) is 12.1 Å². The molecule has 2 aromatic carbocycles. The van der Waals surface area contributed by atoms with Gasteiger partial charge >= 0.3 is 5.69 Å². The minimum Gasteiger partial charge on any atom is -0.492 e. The van der Waals surface area contributed by atoms with E-state index in [2.05, 4.69) is 16.0 Å². The number of para-hydroxylation sites is 2. The smallest absolute Gasteiger partial charge is 0.351 e. The van der Waals surface area contributed by atoms with Crippen LogP contribution in [0.25, 0.3) is 11.3 Å². The topological polar surface area (TPSA) is 75.0 Å². The van der Waals surface area contributed by atoms with Crippen molar-refractivity contribution < 1.29 is 18.9 Å². The van der Waals surface area contributed by atoms with Gasteiger partial charge in [-0.05, 0) is 68.2 Å². The number of fused-ring (bicyclic) bond motifs is 4. The molecule has 0 radical (unpaired) electrons. The Kier molecular flexibility index (Phi) is 6.04. The summed E-state index contributed by atoms with van der Waals surface area (Å²) in [5.74, 6) is 2.59. The number of nitrogens with zero attached hydrogens (tertiary/aromatic N) is 3. The largest absolute Gasteiger partial charge is 0.492 e. The van der Waals surface area contributed by atoms with E-state index in [1.807, 2.05) is 42.5 Å². The molecule has 0 N–H and O–H groups in total. The molecule has 1 aromatic heterocycles. The van der Waals surface area contributed by atoms with Crippen LogP contribution in [0.3, 0.4) is 0 Å². The molecule has 8 heteroatoms. The van der Waals surface area contributed by atoms with E-state index in [0.29, 0.717) is 31.4 Å². The third-order valence-electron chi connectivity index (χ3n) is 6.80. The van der Waals surface area contributed by atoms with Crippen LogP contribution in [0.1, 0.15) is 18.4 Å². The van der Waals surface area contributed by atoms with Gasteiger partial charge in [0.1, 0.15) is 25.6 Å². The molecule has 1 unspecified atom stereocenters. The molecular weight excluding hydrogens is 446 g/mol. The minimum atomic E-state index is -0.305. The van der Waals surface area contributed by atoms with Crippen LogP contribution in [-0.4, -0.2) is 60.0 Å². The maximum atomic E-state index is 12.7. The van der Waals surface area contributed by atoms with Gasteiger partial charge in [-0.15, -0.1) is 0 Å². The summed E-state index contributed by atoms with van der Waals surface area (Å²) in [4.78, 5) is 19.3. The van der Waals surface area contributed by atoms with Gasteiger partial charge in [0.2, 0.25) is 5.88 Å². The fourth-order valence-electron chi connectivity index (χ4n) is 4.97. The molecule has 0 saturated carbocycles. The molecule has 1 fully saturated rings. The Morgan fingerprint density at radius 3 is 2.74 bits per heavy atom. The lowest BCUT2D eigenvalue weighted by molar-refractivity contribution is 0.0520. The fourth-order valence-corrected chi connectivity index (χ4v) is 4.97. The van der Waals surface area contributed by atoms with Gasteiger partial charge in [0, 0.05) is 24.7 Å². The van der Waals surface area contributed by atoms with Crippen LogP contribution in [0.2, 0.25) is 0 Å². The van der Waals surface area contributed by atoms with E-state index >= 15 is 0 Å². The molecule has 182 valence electrons. The molecule has 4 heterocycles. The minimum absolute atomic E-state index is 0.237. The second-order valence-electron chi connectivity index (χ2n) is 9.19. The first-order chi connectivity index (χ1) is 17.2. The Morgan fingerprint density at radius 2 is 1.86 bits per heavy atom. The SMILES string of the molecule is O=c1nc(OCC2COc3ccccc3O2)cc2n1CCc1cc(OCCN3CCCC3)ccc1-2. The monoisotopic (exact) mass is 475 g/mol. The summed E-state index contributed by atoms with van der Waals surface area (Å²) >= 11 is 0. The zero-order valence-electron chi connectivity index (χ0n) is 19.7. The summed E-state index contributed by atoms with van der Waals surface area (Å²) in [6, 6.07) is 15.5. The van der Waals surface area contributed by atoms with Gasteiger partial charge in [-0.25, -0.2) is 4.79 Å². The number of likely N-dealkylation sites (tertiary alicyclic amines) is 1. The summed E-state index contributed by atoms with van der Waals surface area (Å²) in [5.41, 5.74) is 2.69. The molecule has 3 aliphatic rings. The van der Waals surface area contributed by atoms with Crippen LogP contribution in [0.4, 0.5) is 0 Å². The zero-order chi connectivity index (χ0) is 23.6. The van der Waals surface area contributed by atoms with Crippen LogP contribution in [-0.2, 0) is 13.0 Å². The van der Waals surface area contributed by atoms with E-state index in [1.165, 1.54) is 31.5 Å². The number of aromatic nitrogens is 2. The highest BCUT2D eigenvalue weighted by molar-refractivity contribution is 5.67. The van der Waals surface area contributed by atoms with E-state index in [4.69, 9.17) is 18.9 Å². The lowest BCUT2D eigenvalue weighted by Crippen LogP contribution is -2.35. The third kappa shape index (κ3) is 4.71.